The summed E-state index contributed by atoms with van der Waals surface area (Å²) in [5, 5.41) is 2.00. The van der Waals surface area contributed by atoms with Gasteiger partial charge < -0.3 is 0 Å². The van der Waals surface area contributed by atoms with Gasteiger partial charge in [-0.25, -0.2) is 8.42 Å². The molecule has 0 aliphatic rings. The van der Waals surface area contributed by atoms with E-state index in [2.05, 4.69) is 26.2 Å². The topological polar surface area (TPSA) is 75.3 Å². The summed E-state index contributed by atoms with van der Waals surface area (Å²) < 4.78 is 25.5. The zero-order valence-corrected chi connectivity index (χ0v) is 16.4. The second kappa shape index (κ2) is 7.57. The van der Waals surface area contributed by atoms with E-state index in [-0.39, 0.29) is 11.3 Å². The Morgan fingerprint density at radius 2 is 1.77 bits per heavy atom. The number of carbonyl (C=O) groups is 1. The molecule has 3 aromatic carbocycles. The summed E-state index contributed by atoms with van der Waals surface area (Å²) in [6.45, 7) is 1.69. The average molecular weight is 433 g/mol. The van der Waals surface area contributed by atoms with E-state index in [9.17, 15) is 13.2 Å². The summed E-state index contributed by atoms with van der Waals surface area (Å²) in [5.41, 5.74) is 3.71. The summed E-state index contributed by atoms with van der Waals surface area (Å²) in [6.07, 6.45) is 0.0708. The van der Waals surface area contributed by atoms with Gasteiger partial charge in [0, 0.05) is 4.47 Å². The molecule has 7 heteroatoms. The Morgan fingerprint density at radius 1 is 1.04 bits per heavy atom. The number of sulfonamides is 1. The molecule has 2 N–H and O–H groups in total. The maximum Gasteiger partial charge on any atom is 0.257 e. The van der Waals surface area contributed by atoms with Crippen molar-refractivity contribution in [3.05, 3.63) is 76.3 Å². The molecule has 0 fully saturated rings. The van der Waals surface area contributed by atoms with Crippen LogP contribution < -0.4 is 10.3 Å². The molecule has 1 amide bonds. The van der Waals surface area contributed by atoms with Crippen molar-refractivity contribution in [2.24, 2.45) is 0 Å². The molecular formula is C19H17BrN2O3S. The molecule has 0 heterocycles. The summed E-state index contributed by atoms with van der Waals surface area (Å²) >= 11 is 3.26. The van der Waals surface area contributed by atoms with Crippen LogP contribution >= 0.6 is 15.9 Å². The van der Waals surface area contributed by atoms with E-state index in [1.165, 1.54) is 6.07 Å². The molecule has 0 spiro atoms. The normalized spacial score (nSPS) is 11.5. The molecule has 5 nitrogen and oxygen atoms in total. The van der Waals surface area contributed by atoms with Crippen molar-refractivity contribution in [1.82, 2.24) is 10.3 Å². The Bertz CT molecular complexity index is 1080. The average Bonchev–Trinajstić information content (AvgIpc) is 2.62. The SMILES string of the molecule is Cc1ccc(Br)cc1S(=O)(=O)NNC(=O)Cc1cccc2ccccc12. The van der Waals surface area contributed by atoms with E-state index >= 15 is 0 Å². The largest absolute Gasteiger partial charge is 0.277 e. The highest BCUT2D eigenvalue weighted by atomic mass is 79.9. The lowest BCUT2D eigenvalue weighted by atomic mass is 10.0. The maximum atomic E-state index is 12.4. The fraction of sp³-hybridized carbons (Fsp3) is 0.105. The fourth-order valence-corrected chi connectivity index (χ4v) is 4.35. The van der Waals surface area contributed by atoms with Crippen LogP contribution in [-0.4, -0.2) is 14.3 Å². The van der Waals surface area contributed by atoms with Crippen molar-refractivity contribution in [2.75, 3.05) is 0 Å². The number of rotatable bonds is 5. The minimum absolute atomic E-state index is 0.0708. The Kier molecular flexibility index (Phi) is 5.41. The standard InChI is InChI=1S/C19H17BrN2O3S/c1-13-9-10-16(20)12-18(13)26(24,25)22-21-19(23)11-15-7-4-6-14-5-2-3-8-17(14)15/h2-10,12,22H,11H2,1H3,(H,21,23). The van der Waals surface area contributed by atoms with Crippen LogP contribution in [0.5, 0.6) is 0 Å². The van der Waals surface area contributed by atoms with Crippen LogP contribution in [0.25, 0.3) is 10.8 Å². The van der Waals surface area contributed by atoms with E-state index in [0.29, 0.717) is 10.0 Å². The number of halogens is 1. The third-order valence-electron chi connectivity index (χ3n) is 4.00. The van der Waals surface area contributed by atoms with Crippen LogP contribution in [0, 0.1) is 6.92 Å². The van der Waals surface area contributed by atoms with E-state index in [1.54, 1.807) is 19.1 Å². The second-order valence-corrected chi connectivity index (χ2v) is 8.45. The number of aryl methyl sites for hydroxylation is 1. The number of carbonyl (C=O) groups excluding carboxylic acids is 1. The van der Waals surface area contributed by atoms with Crippen LogP contribution in [-0.2, 0) is 21.2 Å². The van der Waals surface area contributed by atoms with E-state index in [4.69, 9.17) is 0 Å². The van der Waals surface area contributed by atoms with Gasteiger partial charge in [-0.1, -0.05) is 64.5 Å². The monoisotopic (exact) mass is 432 g/mol. The molecule has 0 atom stereocenters. The van der Waals surface area contributed by atoms with Crippen LogP contribution in [0.4, 0.5) is 0 Å². The minimum atomic E-state index is -3.86. The lowest BCUT2D eigenvalue weighted by molar-refractivity contribution is -0.120. The van der Waals surface area contributed by atoms with Gasteiger partial charge in [0.2, 0.25) is 5.91 Å². The molecule has 26 heavy (non-hydrogen) atoms. The molecule has 0 unspecified atom stereocenters. The van der Waals surface area contributed by atoms with Gasteiger partial charge in [-0.15, -0.1) is 4.83 Å². The molecule has 0 aromatic heterocycles. The third kappa shape index (κ3) is 4.12. The van der Waals surface area contributed by atoms with Crippen molar-refractivity contribution in [1.29, 1.82) is 0 Å². The molecule has 3 aromatic rings. The zero-order valence-electron chi connectivity index (χ0n) is 14.0. The zero-order chi connectivity index (χ0) is 18.7. The Morgan fingerprint density at radius 3 is 2.58 bits per heavy atom. The summed E-state index contributed by atoms with van der Waals surface area (Å²) in [4.78, 5) is 14.5. The van der Waals surface area contributed by atoms with Crippen molar-refractivity contribution >= 4 is 42.6 Å². The molecule has 0 aliphatic heterocycles. The number of amides is 1. The summed E-state index contributed by atoms with van der Waals surface area (Å²) in [5.74, 6) is -0.433. The van der Waals surface area contributed by atoms with Gasteiger partial charge in [-0.2, -0.15) is 0 Å². The molecule has 0 bridgehead atoms. The minimum Gasteiger partial charge on any atom is -0.277 e. The van der Waals surface area contributed by atoms with Crippen molar-refractivity contribution in [3.63, 3.8) is 0 Å². The van der Waals surface area contributed by atoms with Crippen molar-refractivity contribution < 1.29 is 13.2 Å². The lowest BCUT2D eigenvalue weighted by Crippen LogP contribution is -2.42. The second-order valence-electron chi connectivity index (χ2n) is 5.88. The van der Waals surface area contributed by atoms with Gasteiger partial charge in [0.15, 0.2) is 0 Å². The van der Waals surface area contributed by atoms with Gasteiger partial charge in [-0.05, 0) is 41.0 Å². The molecular weight excluding hydrogens is 416 g/mol. The Balaban J connectivity index is 1.73. The van der Waals surface area contributed by atoms with Gasteiger partial charge >= 0.3 is 0 Å². The summed E-state index contributed by atoms with van der Waals surface area (Å²) in [7, 11) is -3.86. The smallest absolute Gasteiger partial charge is 0.257 e. The third-order valence-corrected chi connectivity index (χ3v) is 5.88. The van der Waals surface area contributed by atoms with Crippen LogP contribution in [0.15, 0.2) is 70.0 Å². The van der Waals surface area contributed by atoms with Crippen LogP contribution in [0.2, 0.25) is 0 Å². The highest BCUT2D eigenvalue weighted by molar-refractivity contribution is 9.10. The van der Waals surface area contributed by atoms with Crippen LogP contribution in [0.1, 0.15) is 11.1 Å². The predicted octanol–water partition coefficient (Wildman–Crippen LogP) is 3.46. The van der Waals surface area contributed by atoms with Gasteiger partial charge in [0.05, 0.1) is 11.3 Å². The first-order valence-electron chi connectivity index (χ1n) is 7.90. The van der Waals surface area contributed by atoms with E-state index in [1.807, 2.05) is 42.5 Å². The number of hydrogen-bond donors (Lipinski definition) is 2. The highest BCUT2D eigenvalue weighted by Crippen LogP contribution is 2.20. The van der Waals surface area contributed by atoms with Gasteiger partial charge in [0.1, 0.15) is 0 Å². The lowest BCUT2D eigenvalue weighted by Gasteiger charge is -2.11. The molecule has 0 saturated heterocycles. The van der Waals surface area contributed by atoms with Crippen molar-refractivity contribution in [2.45, 2.75) is 18.2 Å². The number of fused-ring (bicyclic) bond motifs is 1. The van der Waals surface area contributed by atoms with Crippen LogP contribution in [0.3, 0.4) is 0 Å². The molecule has 0 radical (unpaired) electrons. The van der Waals surface area contributed by atoms with E-state index in [0.717, 1.165) is 16.3 Å². The molecule has 134 valence electrons. The molecule has 3 rings (SSSR count). The van der Waals surface area contributed by atoms with E-state index < -0.39 is 15.9 Å². The summed E-state index contributed by atoms with van der Waals surface area (Å²) in [6, 6.07) is 18.4. The Labute approximate surface area is 160 Å². The highest BCUT2D eigenvalue weighted by Gasteiger charge is 2.18. The fourth-order valence-electron chi connectivity index (χ4n) is 2.71. The molecule has 0 aliphatic carbocycles. The maximum absolute atomic E-state index is 12.4. The quantitative estimate of drug-likeness (QED) is 0.606. The number of nitrogens with one attached hydrogen (secondary N) is 2. The predicted molar refractivity (Wildman–Crippen MR) is 105 cm³/mol. The first-order valence-corrected chi connectivity index (χ1v) is 10.2. The van der Waals surface area contributed by atoms with Crippen molar-refractivity contribution in [3.8, 4) is 0 Å². The number of hydrazine groups is 1. The first kappa shape index (κ1) is 18.6. The first-order chi connectivity index (χ1) is 12.4. The van der Waals surface area contributed by atoms with Gasteiger partial charge in [0.25, 0.3) is 10.0 Å². The number of hydrogen-bond acceptors (Lipinski definition) is 3. The van der Waals surface area contributed by atoms with Gasteiger partial charge in [-0.3, -0.25) is 10.2 Å². The Hall–Kier alpha value is -2.22. The number of benzene rings is 3. The molecule has 0 saturated carbocycles.